The summed E-state index contributed by atoms with van der Waals surface area (Å²) in [5.41, 5.74) is 10.9. The molecule has 0 aliphatic carbocycles. The summed E-state index contributed by atoms with van der Waals surface area (Å²) in [4.78, 5) is 10.7. The van der Waals surface area contributed by atoms with Gasteiger partial charge in [-0.1, -0.05) is 0 Å². The number of benzene rings is 2. The van der Waals surface area contributed by atoms with Crippen LogP contribution in [-0.2, 0) is 9.84 Å². The number of anilines is 2. The number of hydrogen-bond acceptors (Lipinski definition) is 5. The van der Waals surface area contributed by atoms with E-state index in [1.165, 1.54) is 36.4 Å². The van der Waals surface area contributed by atoms with E-state index in [1.54, 1.807) is 0 Å². The van der Waals surface area contributed by atoms with Gasteiger partial charge in [0.15, 0.2) is 0 Å². The zero-order chi connectivity index (χ0) is 15.6. The number of phenols is 1. The van der Waals surface area contributed by atoms with E-state index in [9.17, 15) is 18.3 Å². The number of carbonyl (C=O) groups is 1. The van der Waals surface area contributed by atoms with E-state index < -0.39 is 21.6 Å². The van der Waals surface area contributed by atoms with E-state index in [0.717, 1.165) is 6.07 Å². The van der Waals surface area contributed by atoms with Crippen LogP contribution in [0, 0.1) is 0 Å². The normalized spacial score (nSPS) is 11.0. The second-order valence-electron chi connectivity index (χ2n) is 4.24. The molecule has 21 heavy (non-hydrogen) atoms. The average molecular weight is 307 g/mol. The molecule has 0 radical (unpaired) electrons. The van der Waals surface area contributed by atoms with Gasteiger partial charge in [0.1, 0.15) is 5.75 Å². The second-order valence-corrected chi connectivity index (χ2v) is 6.19. The molecule has 0 heterocycles. The molecule has 0 saturated heterocycles. The Kier molecular flexibility index (Phi) is 3.72. The minimum absolute atomic E-state index is 0.0266. The van der Waals surface area contributed by atoms with E-state index in [0.29, 0.717) is 5.69 Å². The van der Waals surface area contributed by atoms with Crippen molar-refractivity contribution in [3.63, 3.8) is 0 Å². The largest absolute Gasteiger partial charge is 0.506 e. The standard InChI is InChI=1S/C13H13N3O4S/c14-8-1-3-9(4-2-8)21(19,20)10-5-6-11(12(17)7-10)16-13(15)18/h1-7,17H,14H2,(H3,15,16,18). The summed E-state index contributed by atoms with van der Waals surface area (Å²) in [6.07, 6.45) is 0. The van der Waals surface area contributed by atoms with Gasteiger partial charge in [-0.2, -0.15) is 0 Å². The third-order valence-electron chi connectivity index (χ3n) is 2.73. The molecule has 0 bridgehead atoms. The maximum atomic E-state index is 12.4. The summed E-state index contributed by atoms with van der Waals surface area (Å²) in [6.45, 7) is 0. The van der Waals surface area contributed by atoms with Crippen molar-refractivity contribution in [2.45, 2.75) is 9.79 Å². The summed E-state index contributed by atoms with van der Waals surface area (Å²) in [6, 6.07) is 8.37. The molecule has 8 heteroatoms. The maximum absolute atomic E-state index is 12.4. The molecule has 7 nitrogen and oxygen atoms in total. The number of primary amides is 1. The number of sulfone groups is 1. The predicted molar refractivity (Wildman–Crippen MR) is 77.6 cm³/mol. The fraction of sp³-hybridized carbons (Fsp3) is 0. The Morgan fingerprint density at radius 1 is 1.05 bits per heavy atom. The van der Waals surface area contributed by atoms with Crippen molar-refractivity contribution in [1.29, 1.82) is 0 Å². The topological polar surface area (TPSA) is 136 Å². The Balaban J connectivity index is 2.43. The lowest BCUT2D eigenvalue weighted by atomic mass is 10.3. The van der Waals surface area contributed by atoms with E-state index in [1.807, 2.05) is 0 Å². The first kappa shape index (κ1) is 14.7. The summed E-state index contributed by atoms with van der Waals surface area (Å²) in [5, 5.41) is 11.9. The molecule has 0 aliphatic rings. The van der Waals surface area contributed by atoms with Gasteiger partial charge >= 0.3 is 6.03 Å². The number of urea groups is 1. The van der Waals surface area contributed by atoms with Gasteiger partial charge in [-0.15, -0.1) is 0 Å². The lowest BCUT2D eigenvalue weighted by molar-refractivity contribution is 0.259. The van der Waals surface area contributed by atoms with Crippen molar-refractivity contribution >= 4 is 27.2 Å². The molecule has 0 aliphatic heterocycles. The second kappa shape index (κ2) is 5.33. The van der Waals surface area contributed by atoms with Gasteiger partial charge < -0.3 is 21.9 Å². The number of hydrogen-bond donors (Lipinski definition) is 4. The third kappa shape index (κ3) is 3.06. The fourth-order valence-corrected chi connectivity index (χ4v) is 2.98. The summed E-state index contributed by atoms with van der Waals surface area (Å²) in [7, 11) is -3.78. The molecule has 0 spiro atoms. The fourth-order valence-electron chi connectivity index (χ4n) is 1.70. The average Bonchev–Trinajstić information content (AvgIpc) is 2.41. The highest BCUT2D eigenvalue weighted by Crippen LogP contribution is 2.29. The molecule has 110 valence electrons. The number of nitrogens with two attached hydrogens (primary N) is 2. The van der Waals surface area contributed by atoms with Crippen molar-refractivity contribution in [2.24, 2.45) is 5.73 Å². The first-order valence-corrected chi connectivity index (χ1v) is 7.29. The molecule has 6 N–H and O–H groups in total. The Bertz CT molecular complexity index is 786. The number of nitrogen functional groups attached to an aromatic ring is 1. The lowest BCUT2D eigenvalue weighted by Gasteiger charge is -2.09. The van der Waals surface area contributed by atoms with Crippen LogP contribution >= 0.6 is 0 Å². The molecular weight excluding hydrogens is 294 g/mol. The van der Waals surface area contributed by atoms with Crippen molar-refractivity contribution < 1.29 is 18.3 Å². The molecule has 0 unspecified atom stereocenters. The quantitative estimate of drug-likeness (QED) is 0.500. The zero-order valence-electron chi connectivity index (χ0n) is 10.8. The molecule has 2 amide bonds. The molecule has 2 aromatic rings. The summed E-state index contributed by atoms with van der Waals surface area (Å²) in [5.74, 6) is -0.398. The van der Waals surface area contributed by atoms with Crippen LogP contribution in [0.4, 0.5) is 16.2 Å². The van der Waals surface area contributed by atoms with Crippen molar-refractivity contribution in [3.05, 3.63) is 42.5 Å². The molecule has 0 saturated carbocycles. The van der Waals surface area contributed by atoms with Crippen LogP contribution in [0.5, 0.6) is 5.75 Å². The lowest BCUT2D eigenvalue weighted by Crippen LogP contribution is -2.19. The highest BCUT2D eigenvalue weighted by Gasteiger charge is 2.19. The molecule has 0 aromatic heterocycles. The Morgan fingerprint density at radius 2 is 1.62 bits per heavy atom. The SMILES string of the molecule is NC(=O)Nc1ccc(S(=O)(=O)c2ccc(N)cc2)cc1O. The molecule has 2 rings (SSSR count). The van der Waals surface area contributed by atoms with Crippen LogP contribution in [0.3, 0.4) is 0 Å². The number of aromatic hydroxyl groups is 1. The third-order valence-corrected chi connectivity index (χ3v) is 4.50. The van der Waals surface area contributed by atoms with Gasteiger partial charge in [0, 0.05) is 11.8 Å². The van der Waals surface area contributed by atoms with Gasteiger partial charge in [-0.3, -0.25) is 0 Å². The van der Waals surface area contributed by atoms with Crippen LogP contribution in [0.15, 0.2) is 52.3 Å². The van der Waals surface area contributed by atoms with Crippen molar-refractivity contribution in [3.8, 4) is 5.75 Å². The number of carbonyl (C=O) groups excluding carboxylic acids is 1. The van der Waals surface area contributed by atoms with E-state index >= 15 is 0 Å². The van der Waals surface area contributed by atoms with Gasteiger partial charge in [0.2, 0.25) is 9.84 Å². The molecular formula is C13H13N3O4S. The Hall–Kier alpha value is -2.74. The van der Waals surface area contributed by atoms with Crippen LogP contribution in [0.2, 0.25) is 0 Å². The first-order chi connectivity index (χ1) is 9.80. The number of rotatable bonds is 3. The predicted octanol–water partition coefficient (Wildman–Crippen LogP) is 1.30. The van der Waals surface area contributed by atoms with Crippen LogP contribution in [-0.4, -0.2) is 19.6 Å². The van der Waals surface area contributed by atoms with Crippen LogP contribution < -0.4 is 16.8 Å². The maximum Gasteiger partial charge on any atom is 0.316 e. The van der Waals surface area contributed by atoms with Gasteiger partial charge in [-0.25, -0.2) is 13.2 Å². The van der Waals surface area contributed by atoms with Crippen LogP contribution in [0.1, 0.15) is 0 Å². The molecule has 2 aromatic carbocycles. The smallest absolute Gasteiger partial charge is 0.316 e. The number of amides is 2. The van der Waals surface area contributed by atoms with Crippen molar-refractivity contribution in [1.82, 2.24) is 0 Å². The summed E-state index contributed by atoms with van der Waals surface area (Å²) >= 11 is 0. The summed E-state index contributed by atoms with van der Waals surface area (Å²) < 4.78 is 24.7. The van der Waals surface area contributed by atoms with Gasteiger partial charge in [-0.05, 0) is 36.4 Å². The molecule has 0 fully saturated rings. The minimum Gasteiger partial charge on any atom is -0.506 e. The number of nitrogens with one attached hydrogen (secondary N) is 1. The molecule has 0 atom stereocenters. The monoisotopic (exact) mass is 307 g/mol. The highest BCUT2D eigenvalue weighted by atomic mass is 32.2. The zero-order valence-corrected chi connectivity index (χ0v) is 11.6. The van der Waals surface area contributed by atoms with E-state index in [-0.39, 0.29) is 15.5 Å². The Morgan fingerprint density at radius 3 is 2.14 bits per heavy atom. The van der Waals surface area contributed by atoms with Crippen molar-refractivity contribution in [2.75, 3.05) is 11.1 Å². The van der Waals surface area contributed by atoms with Gasteiger partial charge in [0.05, 0.1) is 15.5 Å². The van der Waals surface area contributed by atoms with E-state index in [2.05, 4.69) is 5.32 Å². The number of phenolic OH excluding ortho intramolecular Hbond substituents is 1. The first-order valence-electron chi connectivity index (χ1n) is 5.81. The minimum atomic E-state index is -3.78. The highest BCUT2D eigenvalue weighted by molar-refractivity contribution is 7.91. The Labute approximate surface area is 121 Å². The van der Waals surface area contributed by atoms with Gasteiger partial charge in [0.25, 0.3) is 0 Å². The van der Waals surface area contributed by atoms with Crippen LogP contribution in [0.25, 0.3) is 0 Å². The van der Waals surface area contributed by atoms with E-state index in [4.69, 9.17) is 11.5 Å².